The van der Waals surface area contributed by atoms with Crippen LogP contribution in [0.1, 0.15) is 18.4 Å². The maximum atomic E-state index is 13.2. The highest BCUT2D eigenvalue weighted by atomic mass is 19.4. The Kier molecular flexibility index (Phi) is 6.13. The topological polar surface area (TPSA) is 78.3 Å². The molecule has 1 heterocycles. The Bertz CT molecular complexity index is 1090. The molecular formula is C22H21F3N4O3. The number of hydrogen-bond acceptors (Lipinski definition) is 5. The van der Waals surface area contributed by atoms with Crippen molar-refractivity contribution in [3.8, 4) is 23.1 Å². The van der Waals surface area contributed by atoms with Crippen LogP contribution < -0.4 is 10.1 Å². The van der Waals surface area contributed by atoms with E-state index in [0.717, 1.165) is 25.0 Å². The van der Waals surface area contributed by atoms with Crippen LogP contribution in [0.15, 0.2) is 48.5 Å². The van der Waals surface area contributed by atoms with Crippen LogP contribution in [0.5, 0.6) is 6.01 Å². The number of hydrogen-bond donors (Lipinski definition) is 1. The smallest absolute Gasteiger partial charge is 0.416 e. The van der Waals surface area contributed by atoms with Gasteiger partial charge in [-0.3, -0.25) is 4.79 Å². The van der Waals surface area contributed by atoms with E-state index in [1.54, 1.807) is 24.3 Å². The zero-order valence-electron chi connectivity index (χ0n) is 17.2. The molecule has 1 fully saturated rings. The van der Waals surface area contributed by atoms with Crippen LogP contribution in [-0.4, -0.2) is 41.0 Å². The maximum absolute atomic E-state index is 13.2. The van der Waals surface area contributed by atoms with Gasteiger partial charge in [-0.15, -0.1) is 5.10 Å². The molecule has 0 aliphatic heterocycles. The molecule has 0 bridgehead atoms. The molecule has 0 unspecified atom stereocenters. The van der Waals surface area contributed by atoms with E-state index in [4.69, 9.17) is 9.47 Å². The Morgan fingerprint density at radius 2 is 1.91 bits per heavy atom. The van der Waals surface area contributed by atoms with Crippen molar-refractivity contribution in [3.05, 3.63) is 54.1 Å². The van der Waals surface area contributed by atoms with Crippen molar-refractivity contribution in [3.63, 3.8) is 0 Å². The van der Waals surface area contributed by atoms with Crippen LogP contribution in [0.25, 0.3) is 17.1 Å². The molecule has 10 heteroatoms. The van der Waals surface area contributed by atoms with Crippen LogP contribution in [0.2, 0.25) is 0 Å². The summed E-state index contributed by atoms with van der Waals surface area (Å²) < 4.78 is 51.5. The second kappa shape index (κ2) is 8.99. The molecule has 0 saturated heterocycles. The summed E-state index contributed by atoms with van der Waals surface area (Å²) in [4.78, 5) is 16.2. The quantitative estimate of drug-likeness (QED) is 0.522. The average molecular weight is 446 g/mol. The number of ether oxygens (including phenoxy) is 2. The first-order valence-corrected chi connectivity index (χ1v) is 10.0. The first kappa shape index (κ1) is 21.8. The van der Waals surface area contributed by atoms with Gasteiger partial charge in [-0.05, 0) is 49.2 Å². The number of rotatable bonds is 8. The maximum Gasteiger partial charge on any atom is 0.416 e. The van der Waals surface area contributed by atoms with Crippen LogP contribution in [0.3, 0.4) is 0 Å². The van der Waals surface area contributed by atoms with Crippen molar-refractivity contribution < 1.29 is 27.4 Å². The minimum Gasteiger partial charge on any atom is -0.460 e. The number of halogens is 3. The van der Waals surface area contributed by atoms with Gasteiger partial charge in [0, 0.05) is 24.3 Å². The van der Waals surface area contributed by atoms with Crippen molar-refractivity contribution >= 4 is 11.6 Å². The van der Waals surface area contributed by atoms with Crippen molar-refractivity contribution in [2.24, 2.45) is 5.92 Å². The number of nitrogens with one attached hydrogen (secondary N) is 1. The Balaban J connectivity index is 1.66. The molecule has 32 heavy (non-hydrogen) atoms. The van der Waals surface area contributed by atoms with Crippen LogP contribution in [0.4, 0.5) is 18.9 Å². The van der Waals surface area contributed by atoms with Crippen molar-refractivity contribution in [1.82, 2.24) is 14.8 Å². The first-order valence-electron chi connectivity index (χ1n) is 10.0. The molecule has 3 aromatic rings. The summed E-state index contributed by atoms with van der Waals surface area (Å²) in [6.07, 6.45) is -2.69. The molecule has 1 aromatic heterocycles. The normalized spacial score (nSPS) is 13.8. The average Bonchev–Trinajstić information content (AvgIpc) is 3.54. The van der Waals surface area contributed by atoms with E-state index in [2.05, 4.69) is 15.4 Å². The molecule has 0 atom stereocenters. The van der Waals surface area contributed by atoms with Gasteiger partial charge in [0.2, 0.25) is 5.91 Å². The molecule has 0 radical (unpaired) electrons. The van der Waals surface area contributed by atoms with Gasteiger partial charge < -0.3 is 14.8 Å². The van der Waals surface area contributed by atoms with Gasteiger partial charge in [-0.25, -0.2) is 4.68 Å². The summed E-state index contributed by atoms with van der Waals surface area (Å²) in [7, 11) is 1.52. The van der Waals surface area contributed by atoms with Gasteiger partial charge in [0.05, 0.1) is 17.9 Å². The predicted molar refractivity (Wildman–Crippen MR) is 111 cm³/mol. The van der Waals surface area contributed by atoms with Gasteiger partial charge in [-0.2, -0.15) is 18.2 Å². The number of nitrogens with zero attached hydrogens (tertiary/aromatic N) is 3. The summed E-state index contributed by atoms with van der Waals surface area (Å²) in [6, 6.07) is 11.7. The second-order valence-electron chi connectivity index (χ2n) is 7.36. The summed E-state index contributed by atoms with van der Waals surface area (Å²) in [6.45, 7) is 0.498. The highest BCUT2D eigenvalue weighted by Crippen LogP contribution is 2.33. The van der Waals surface area contributed by atoms with Gasteiger partial charge in [-0.1, -0.05) is 12.1 Å². The SMILES string of the molecule is COCCOc1nc(-c2cccc(C(F)(F)F)c2)n(-c2ccc(NC(=O)C3CC3)cc2)n1. The lowest BCUT2D eigenvalue weighted by Crippen LogP contribution is -2.13. The third-order valence-corrected chi connectivity index (χ3v) is 4.88. The van der Waals surface area contributed by atoms with E-state index >= 15 is 0 Å². The molecule has 1 aliphatic rings. The molecule has 1 saturated carbocycles. The van der Waals surface area contributed by atoms with Gasteiger partial charge in [0.1, 0.15) is 6.61 Å². The third-order valence-electron chi connectivity index (χ3n) is 4.88. The number of anilines is 1. The monoisotopic (exact) mass is 446 g/mol. The fraction of sp³-hybridized carbons (Fsp3) is 0.318. The standard InChI is InChI=1S/C22H21F3N4O3/c1-31-11-12-32-21-27-19(15-3-2-4-16(13-15)22(23,24)25)29(28-21)18-9-7-17(8-10-18)26-20(30)14-5-6-14/h2-4,7-10,13-14H,5-6,11-12H2,1H3,(H,26,30). The first-order chi connectivity index (χ1) is 15.3. The molecule has 168 valence electrons. The highest BCUT2D eigenvalue weighted by molar-refractivity contribution is 5.94. The zero-order chi connectivity index (χ0) is 22.7. The Labute approximate surface area is 182 Å². The minimum atomic E-state index is -4.49. The van der Waals surface area contributed by atoms with Gasteiger partial charge in [0.15, 0.2) is 5.82 Å². The number of methoxy groups -OCH3 is 1. The van der Waals surface area contributed by atoms with E-state index in [9.17, 15) is 18.0 Å². The summed E-state index contributed by atoms with van der Waals surface area (Å²) in [5.41, 5.74) is 0.628. The lowest BCUT2D eigenvalue weighted by molar-refractivity contribution is -0.137. The Hall–Kier alpha value is -3.40. The highest BCUT2D eigenvalue weighted by Gasteiger charge is 2.31. The number of benzene rings is 2. The summed E-state index contributed by atoms with van der Waals surface area (Å²) >= 11 is 0. The number of carbonyl (C=O) groups excluding carboxylic acids is 1. The Morgan fingerprint density at radius 3 is 2.56 bits per heavy atom. The number of amides is 1. The molecular weight excluding hydrogens is 425 g/mol. The number of alkyl halides is 3. The van der Waals surface area contributed by atoms with E-state index in [-0.39, 0.29) is 35.8 Å². The largest absolute Gasteiger partial charge is 0.460 e. The van der Waals surface area contributed by atoms with Crippen LogP contribution >= 0.6 is 0 Å². The van der Waals surface area contributed by atoms with Crippen molar-refractivity contribution in [1.29, 1.82) is 0 Å². The van der Waals surface area contributed by atoms with E-state index in [1.807, 2.05) is 0 Å². The molecule has 2 aromatic carbocycles. The predicted octanol–water partition coefficient (Wildman–Crippen LogP) is 4.33. The second-order valence-corrected chi connectivity index (χ2v) is 7.36. The molecule has 4 rings (SSSR count). The molecule has 1 amide bonds. The van der Waals surface area contributed by atoms with Crippen LogP contribution in [0, 0.1) is 5.92 Å². The third kappa shape index (κ3) is 5.08. The van der Waals surface area contributed by atoms with Crippen LogP contribution in [-0.2, 0) is 15.7 Å². The lowest BCUT2D eigenvalue weighted by atomic mass is 10.1. The van der Waals surface area contributed by atoms with Crippen molar-refractivity contribution in [2.45, 2.75) is 19.0 Å². The lowest BCUT2D eigenvalue weighted by Gasteiger charge is -2.10. The molecule has 1 aliphatic carbocycles. The summed E-state index contributed by atoms with van der Waals surface area (Å²) in [5.74, 6) is 0.250. The van der Waals surface area contributed by atoms with E-state index < -0.39 is 11.7 Å². The number of carbonyl (C=O) groups is 1. The van der Waals surface area contributed by atoms with Gasteiger partial charge >= 0.3 is 12.2 Å². The zero-order valence-corrected chi connectivity index (χ0v) is 17.2. The molecule has 0 spiro atoms. The van der Waals surface area contributed by atoms with Crippen molar-refractivity contribution in [2.75, 3.05) is 25.6 Å². The van der Waals surface area contributed by atoms with E-state index in [0.29, 0.717) is 18.0 Å². The molecule has 1 N–H and O–H groups in total. The van der Waals surface area contributed by atoms with Gasteiger partial charge in [0.25, 0.3) is 0 Å². The summed E-state index contributed by atoms with van der Waals surface area (Å²) in [5, 5.41) is 7.15. The fourth-order valence-electron chi connectivity index (χ4n) is 3.05. The number of aromatic nitrogens is 3. The minimum absolute atomic E-state index is 0.0144. The van der Waals surface area contributed by atoms with E-state index in [1.165, 1.54) is 23.9 Å². The molecule has 7 nitrogen and oxygen atoms in total. The Morgan fingerprint density at radius 1 is 1.16 bits per heavy atom. The fourth-order valence-corrected chi connectivity index (χ4v) is 3.05.